The van der Waals surface area contributed by atoms with E-state index < -0.39 is 24.4 Å². The van der Waals surface area contributed by atoms with Crippen molar-refractivity contribution in [3.63, 3.8) is 0 Å². The van der Waals surface area contributed by atoms with Crippen LogP contribution < -0.4 is 10.6 Å². The van der Waals surface area contributed by atoms with Gasteiger partial charge in [0.1, 0.15) is 11.4 Å². The average Bonchev–Trinajstić information content (AvgIpc) is 3.07. The molecule has 0 aliphatic heterocycles. The van der Waals surface area contributed by atoms with E-state index in [0.29, 0.717) is 15.6 Å². The monoisotopic (exact) mass is 448 g/mol. The van der Waals surface area contributed by atoms with Gasteiger partial charge in [0.25, 0.3) is 11.8 Å². The minimum Gasteiger partial charge on any atom is -0.454 e. The number of nitrogens with one attached hydrogen (secondary N) is 2. The molecular weight excluding hydrogens is 432 g/mol. The maximum Gasteiger partial charge on any atom is 0.325 e. The first-order valence-corrected chi connectivity index (χ1v) is 10.9. The second kappa shape index (κ2) is 9.78. The van der Waals surface area contributed by atoms with Crippen LogP contribution in [0.25, 0.3) is 10.1 Å². The first-order chi connectivity index (χ1) is 14.0. The Labute approximate surface area is 180 Å². The number of thioether (sulfide) groups is 1. The van der Waals surface area contributed by atoms with Crippen molar-refractivity contribution < 1.29 is 19.1 Å². The summed E-state index contributed by atoms with van der Waals surface area (Å²) in [5, 5.41) is 6.26. The molecule has 1 heterocycles. The largest absolute Gasteiger partial charge is 0.454 e. The fourth-order valence-electron chi connectivity index (χ4n) is 2.49. The highest BCUT2D eigenvalue weighted by Gasteiger charge is 2.18. The van der Waals surface area contributed by atoms with Gasteiger partial charge in [-0.1, -0.05) is 35.9 Å². The van der Waals surface area contributed by atoms with Crippen molar-refractivity contribution in [2.45, 2.75) is 4.90 Å². The zero-order chi connectivity index (χ0) is 20.8. The Kier molecular flexibility index (Phi) is 7.13. The predicted octanol–water partition coefficient (Wildman–Crippen LogP) is 4.19. The van der Waals surface area contributed by atoms with Gasteiger partial charge in [-0.05, 0) is 30.5 Å². The molecule has 9 heteroatoms. The first kappa shape index (κ1) is 21.2. The number of benzene rings is 2. The summed E-state index contributed by atoms with van der Waals surface area (Å²) in [4.78, 5) is 37.4. The average molecular weight is 449 g/mol. The maximum atomic E-state index is 12.3. The van der Waals surface area contributed by atoms with Crippen LogP contribution in [0.1, 0.15) is 9.67 Å². The third kappa shape index (κ3) is 5.50. The van der Waals surface area contributed by atoms with Crippen LogP contribution in [0.15, 0.2) is 53.4 Å². The molecule has 2 amide bonds. The third-order valence-electron chi connectivity index (χ3n) is 3.85. The fourth-order valence-corrected chi connectivity index (χ4v) is 4.38. The molecule has 6 nitrogen and oxygen atoms in total. The third-order valence-corrected chi connectivity index (χ3v) is 6.25. The van der Waals surface area contributed by atoms with Gasteiger partial charge < -0.3 is 15.4 Å². The molecule has 0 radical (unpaired) electrons. The van der Waals surface area contributed by atoms with Gasteiger partial charge in [0.05, 0.1) is 5.02 Å². The molecule has 0 aliphatic rings. The smallest absolute Gasteiger partial charge is 0.325 e. The molecule has 0 unspecified atom stereocenters. The van der Waals surface area contributed by atoms with Gasteiger partial charge in [-0.25, -0.2) is 0 Å². The number of carbonyl (C=O) groups excluding carboxylic acids is 3. The maximum absolute atomic E-state index is 12.3. The number of halogens is 1. The van der Waals surface area contributed by atoms with Gasteiger partial charge in [0, 0.05) is 20.7 Å². The van der Waals surface area contributed by atoms with E-state index in [1.165, 1.54) is 11.3 Å². The molecular formula is C20H17ClN2O4S2. The second-order valence-corrected chi connectivity index (χ2v) is 8.17. The topological polar surface area (TPSA) is 84.5 Å². The normalized spacial score (nSPS) is 10.6. The highest BCUT2D eigenvalue weighted by Crippen LogP contribution is 2.34. The molecule has 29 heavy (non-hydrogen) atoms. The highest BCUT2D eigenvalue weighted by molar-refractivity contribution is 7.98. The van der Waals surface area contributed by atoms with Gasteiger partial charge >= 0.3 is 5.97 Å². The van der Waals surface area contributed by atoms with Crippen molar-refractivity contribution >= 4 is 68.3 Å². The number of ether oxygens (including phenoxy) is 1. The van der Waals surface area contributed by atoms with Crippen molar-refractivity contribution in [1.82, 2.24) is 5.32 Å². The van der Waals surface area contributed by atoms with Gasteiger partial charge in [-0.2, -0.15) is 0 Å². The van der Waals surface area contributed by atoms with Gasteiger partial charge in [0.2, 0.25) is 0 Å². The molecule has 2 aromatic carbocycles. The number of amides is 2. The van der Waals surface area contributed by atoms with Crippen LogP contribution in [0.5, 0.6) is 0 Å². The zero-order valence-electron chi connectivity index (χ0n) is 15.4. The highest BCUT2D eigenvalue weighted by atomic mass is 35.5. The number of carbonyl (C=O) groups is 3. The Hall–Kier alpha value is -2.55. The van der Waals surface area contributed by atoms with E-state index in [1.807, 2.05) is 48.7 Å². The van der Waals surface area contributed by atoms with Crippen LogP contribution in [-0.4, -0.2) is 37.2 Å². The summed E-state index contributed by atoms with van der Waals surface area (Å²) in [7, 11) is 0. The number of rotatable bonds is 7. The Morgan fingerprint density at radius 3 is 2.69 bits per heavy atom. The van der Waals surface area contributed by atoms with Gasteiger partial charge in [-0.3, -0.25) is 14.4 Å². The van der Waals surface area contributed by atoms with Crippen molar-refractivity contribution in [2.75, 3.05) is 24.7 Å². The lowest BCUT2D eigenvalue weighted by atomic mass is 10.2. The van der Waals surface area contributed by atoms with E-state index >= 15 is 0 Å². The standard InChI is InChI=1S/C20H17ClN2O4S2/c1-28-13-6-4-5-12(9-13)23-16(24)11-27-17(25)10-22-20(26)19-18(21)14-7-2-3-8-15(14)29-19/h2-9H,10-11H2,1H3,(H,22,26)(H,23,24). The minimum absolute atomic E-state index is 0.326. The van der Waals surface area contributed by atoms with Crippen LogP contribution in [0.2, 0.25) is 5.02 Å². The van der Waals surface area contributed by atoms with Crippen LogP contribution >= 0.6 is 34.7 Å². The summed E-state index contributed by atoms with van der Waals surface area (Å²) < 4.78 is 5.79. The number of anilines is 1. The number of esters is 1. The lowest BCUT2D eigenvalue weighted by molar-refractivity contribution is -0.146. The summed E-state index contributed by atoms with van der Waals surface area (Å²) in [6.07, 6.45) is 1.93. The molecule has 0 bridgehead atoms. The Balaban J connectivity index is 1.47. The summed E-state index contributed by atoms with van der Waals surface area (Å²) in [5.74, 6) is -1.65. The Morgan fingerprint density at radius 1 is 1.14 bits per heavy atom. The number of fused-ring (bicyclic) bond motifs is 1. The van der Waals surface area contributed by atoms with Crippen molar-refractivity contribution in [1.29, 1.82) is 0 Å². The van der Waals surface area contributed by atoms with E-state index in [0.717, 1.165) is 15.0 Å². The quantitative estimate of drug-likeness (QED) is 0.418. The summed E-state index contributed by atoms with van der Waals surface area (Å²) in [6, 6.07) is 14.7. The number of hydrogen-bond acceptors (Lipinski definition) is 6. The van der Waals surface area contributed by atoms with Crippen LogP contribution in [0.3, 0.4) is 0 Å². The lowest BCUT2D eigenvalue weighted by Gasteiger charge is -2.08. The summed E-state index contributed by atoms with van der Waals surface area (Å²) in [6.45, 7) is -0.805. The molecule has 0 spiro atoms. The Bertz CT molecular complexity index is 1070. The fraction of sp³-hybridized carbons (Fsp3) is 0.150. The number of thiophene rings is 1. The van der Waals surface area contributed by atoms with Gasteiger partial charge in [-0.15, -0.1) is 23.1 Å². The van der Waals surface area contributed by atoms with Crippen molar-refractivity contribution in [3.8, 4) is 0 Å². The van der Waals surface area contributed by atoms with Crippen molar-refractivity contribution in [2.24, 2.45) is 0 Å². The lowest BCUT2D eigenvalue weighted by Crippen LogP contribution is -2.32. The molecule has 0 fully saturated rings. The molecule has 3 rings (SSSR count). The zero-order valence-corrected chi connectivity index (χ0v) is 17.7. The van der Waals surface area contributed by atoms with E-state index in [2.05, 4.69) is 10.6 Å². The summed E-state index contributed by atoms with van der Waals surface area (Å²) in [5.41, 5.74) is 0.616. The van der Waals surface area contributed by atoms with E-state index in [9.17, 15) is 14.4 Å². The SMILES string of the molecule is CSc1cccc(NC(=O)COC(=O)CNC(=O)c2sc3ccccc3c2Cl)c1. The molecule has 0 aliphatic carbocycles. The molecule has 1 aromatic heterocycles. The van der Waals surface area contributed by atoms with E-state index in [-0.39, 0.29) is 6.54 Å². The molecule has 150 valence electrons. The minimum atomic E-state index is -0.719. The molecule has 0 atom stereocenters. The van der Waals surface area contributed by atoms with Gasteiger partial charge in [0.15, 0.2) is 6.61 Å². The van der Waals surface area contributed by atoms with E-state index in [1.54, 1.807) is 17.8 Å². The number of hydrogen-bond donors (Lipinski definition) is 2. The molecule has 0 saturated carbocycles. The first-order valence-electron chi connectivity index (χ1n) is 8.52. The van der Waals surface area contributed by atoms with E-state index in [4.69, 9.17) is 16.3 Å². The Morgan fingerprint density at radius 2 is 1.93 bits per heavy atom. The van der Waals surface area contributed by atoms with Crippen LogP contribution in [-0.2, 0) is 14.3 Å². The summed E-state index contributed by atoms with van der Waals surface area (Å²) >= 11 is 9.04. The predicted molar refractivity (Wildman–Crippen MR) is 117 cm³/mol. The van der Waals surface area contributed by atoms with Crippen LogP contribution in [0.4, 0.5) is 5.69 Å². The molecule has 2 N–H and O–H groups in total. The second-order valence-electron chi connectivity index (χ2n) is 5.86. The molecule has 3 aromatic rings. The molecule has 0 saturated heterocycles. The van der Waals surface area contributed by atoms with Crippen LogP contribution in [0, 0.1) is 0 Å². The van der Waals surface area contributed by atoms with Crippen molar-refractivity contribution in [3.05, 3.63) is 58.4 Å².